The molecular weight excluding hydrogens is 268 g/mol. The van der Waals surface area contributed by atoms with E-state index in [-0.39, 0.29) is 12.6 Å². The number of nitrogens with one attached hydrogen (secondary N) is 1. The summed E-state index contributed by atoms with van der Waals surface area (Å²) in [4.78, 5) is 35.6. The Labute approximate surface area is 116 Å². The number of amides is 2. The average Bonchev–Trinajstić information content (AvgIpc) is 2.45. The first-order chi connectivity index (χ1) is 9.49. The second-order valence-electron chi connectivity index (χ2n) is 4.65. The van der Waals surface area contributed by atoms with Gasteiger partial charge in [-0.2, -0.15) is 0 Å². The number of urea groups is 1. The number of aliphatic carboxylic acids is 1. The fraction of sp³-hybridized carbons (Fsp3) is 0.750. The first-order valence-corrected chi connectivity index (χ1v) is 6.47. The van der Waals surface area contributed by atoms with Gasteiger partial charge in [0, 0.05) is 6.54 Å². The van der Waals surface area contributed by atoms with Crippen LogP contribution in [0, 0.1) is 0 Å². The van der Waals surface area contributed by atoms with Crippen molar-refractivity contribution in [2.45, 2.75) is 37.8 Å². The van der Waals surface area contributed by atoms with E-state index in [0.29, 0.717) is 13.0 Å². The van der Waals surface area contributed by atoms with Crippen LogP contribution in [-0.2, 0) is 14.3 Å². The van der Waals surface area contributed by atoms with Crippen LogP contribution >= 0.6 is 0 Å². The molecule has 0 saturated carbocycles. The molecule has 1 saturated heterocycles. The molecule has 1 aliphatic heterocycles. The molecule has 8 nitrogen and oxygen atoms in total. The minimum atomic E-state index is -1.34. The maximum absolute atomic E-state index is 12.0. The number of aliphatic hydroxyl groups is 1. The van der Waals surface area contributed by atoms with E-state index in [1.165, 1.54) is 4.90 Å². The van der Waals surface area contributed by atoms with Crippen molar-refractivity contribution in [1.82, 2.24) is 10.2 Å². The summed E-state index contributed by atoms with van der Waals surface area (Å²) in [6, 6.07) is -2.23. The zero-order chi connectivity index (χ0) is 15.1. The molecule has 1 unspecified atom stereocenters. The molecular formula is C12H20N2O6. The summed E-state index contributed by atoms with van der Waals surface area (Å²) in [6.45, 7) is 0.295. The van der Waals surface area contributed by atoms with Crippen molar-refractivity contribution in [3.05, 3.63) is 0 Å². The highest BCUT2D eigenvalue weighted by Crippen LogP contribution is 2.16. The van der Waals surface area contributed by atoms with E-state index in [2.05, 4.69) is 10.1 Å². The molecule has 0 aromatic rings. The van der Waals surface area contributed by atoms with Crippen LogP contribution in [0.2, 0.25) is 0 Å². The molecule has 1 aliphatic rings. The molecule has 0 bridgehead atoms. The molecule has 8 heteroatoms. The Kier molecular flexibility index (Phi) is 6.23. The monoisotopic (exact) mass is 288 g/mol. The van der Waals surface area contributed by atoms with Crippen molar-refractivity contribution in [3.63, 3.8) is 0 Å². The van der Waals surface area contributed by atoms with Crippen LogP contribution in [0.5, 0.6) is 0 Å². The average molecular weight is 288 g/mol. The van der Waals surface area contributed by atoms with E-state index in [9.17, 15) is 19.5 Å². The summed E-state index contributed by atoms with van der Waals surface area (Å²) >= 11 is 0. The molecule has 0 aliphatic carbocycles. The number of rotatable bonds is 5. The number of hydrogen-bond donors (Lipinski definition) is 3. The van der Waals surface area contributed by atoms with Gasteiger partial charge in [-0.1, -0.05) is 0 Å². The molecule has 0 aromatic heterocycles. The fourth-order valence-corrected chi connectivity index (χ4v) is 2.14. The van der Waals surface area contributed by atoms with Gasteiger partial charge in [0.1, 0.15) is 6.04 Å². The minimum absolute atomic E-state index is 0.165. The number of carbonyl (C=O) groups is 3. The number of likely N-dealkylation sites (tertiary alicyclic amines) is 1. The first kappa shape index (κ1) is 16.2. The number of carboxylic acid groups (broad SMARTS) is 1. The van der Waals surface area contributed by atoms with Gasteiger partial charge in [0.25, 0.3) is 0 Å². The lowest BCUT2D eigenvalue weighted by molar-refractivity contribution is -0.147. The van der Waals surface area contributed by atoms with Gasteiger partial charge in [0.2, 0.25) is 0 Å². The number of aliphatic hydroxyl groups excluding tert-OH is 1. The Balaban J connectivity index is 2.64. The van der Waals surface area contributed by atoms with Crippen LogP contribution in [0.15, 0.2) is 0 Å². The van der Waals surface area contributed by atoms with Crippen molar-refractivity contribution in [2.75, 3.05) is 20.3 Å². The van der Waals surface area contributed by atoms with Crippen LogP contribution in [0.25, 0.3) is 0 Å². The number of carbonyl (C=O) groups excluding carboxylic acids is 2. The molecule has 0 spiro atoms. The third-order valence-electron chi connectivity index (χ3n) is 3.29. The molecule has 114 valence electrons. The topological polar surface area (TPSA) is 116 Å². The van der Waals surface area contributed by atoms with Crippen LogP contribution in [-0.4, -0.2) is 65.4 Å². The number of methoxy groups -OCH3 is 1. The van der Waals surface area contributed by atoms with Gasteiger partial charge in [-0.05, 0) is 19.3 Å². The molecule has 2 amide bonds. The van der Waals surface area contributed by atoms with Gasteiger partial charge < -0.3 is 25.2 Å². The van der Waals surface area contributed by atoms with E-state index in [1.54, 1.807) is 0 Å². The summed E-state index contributed by atoms with van der Waals surface area (Å²) < 4.78 is 4.39. The van der Waals surface area contributed by atoms with E-state index in [1.807, 2.05) is 0 Å². The Morgan fingerprint density at radius 3 is 2.65 bits per heavy atom. The molecule has 3 N–H and O–H groups in total. The van der Waals surface area contributed by atoms with Gasteiger partial charge in [-0.15, -0.1) is 0 Å². The lowest BCUT2D eigenvalue weighted by Crippen LogP contribution is -2.54. The maximum Gasteiger partial charge on any atom is 0.326 e. The number of piperidine rings is 1. The zero-order valence-electron chi connectivity index (χ0n) is 11.4. The summed E-state index contributed by atoms with van der Waals surface area (Å²) in [5, 5.41) is 20.5. The highest BCUT2D eigenvalue weighted by molar-refractivity contribution is 5.86. The van der Waals surface area contributed by atoms with Crippen molar-refractivity contribution >= 4 is 18.0 Å². The van der Waals surface area contributed by atoms with Gasteiger partial charge in [-0.25, -0.2) is 9.59 Å². The Bertz CT molecular complexity index is 373. The summed E-state index contributed by atoms with van der Waals surface area (Å²) in [5.74, 6) is -2.02. The number of ether oxygens (including phenoxy) is 1. The van der Waals surface area contributed by atoms with Gasteiger partial charge >= 0.3 is 18.0 Å². The van der Waals surface area contributed by atoms with E-state index in [4.69, 9.17) is 5.11 Å². The third kappa shape index (κ3) is 4.37. The normalized spacial score (nSPS) is 20.1. The standard InChI is InChI=1S/C12H20N2O6/c1-20-10(16)6-9(11(17)18)13-12(19)14-5-3-2-4-8(14)7-15/h8-9,15H,2-7H2,1H3,(H,13,19)(H,17,18)/t8?,9-/m0/s1. The van der Waals surface area contributed by atoms with Gasteiger partial charge in [-0.3, -0.25) is 4.79 Å². The predicted octanol–water partition coefficient (Wildman–Crippen LogP) is -0.441. The minimum Gasteiger partial charge on any atom is -0.480 e. The number of carboxylic acids is 1. The van der Waals surface area contributed by atoms with Crippen molar-refractivity contribution in [1.29, 1.82) is 0 Å². The van der Waals surface area contributed by atoms with Crippen LogP contribution in [0.1, 0.15) is 25.7 Å². The summed E-state index contributed by atoms with van der Waals surface area (Å²) in [5.41, 5.74) is 0. The largest absolute Gasteiger partial charge is 0.480 e. The van der Waals surface area contributed by atoms with Crippen molar-refractivity contribution in [3.8, 4) is 0 Å². The Morgan fingerprint density at radius 2 is 2.10 bits per heavy atom. The van der Waals surface area contributed by atoms with Gasteiger partial charge in [0.05, 0.1) is 26.2 Å². The molecule has 20 heavy (non-hydrogen) atoms. The highest BCUT2D eigenvalue weighted by atomic mass is 16.5. The third-order valence-corrected chi connectivity index (χ3v) is 3.29. The smallest absolute Gasteiger partial charge is 0.326 e. The second kappa shape index (κ2) is 7.68. The quantitative estimate of drug-likeness (QED) is 0.590. The molecule has 0 radical (unpaired) electrons. The van der Waals surface area contributed by atoms with Crippen LogP contribution in [0.4, 0.5) is 4.79 Å². The maximum atomic E-state index is 12.0. The van der Waals surface area contributed by atoms with E-state index >= 15 is 0 Å². The molecule has 1 rings (SSSR count). The lowest BCUT2D eigenvalue weighted by Gasteiger charge is -2.35. The van der Waals surface area contributed by atoms with Gasteiger partial charge in [0.15, 0.2) is 0 Å². The summed E-state index contributed by atoms with van der Waals surface area (Å²) in [6.07, 6.45) is 1.96. The summed E-state index contributed by atoms with van der Waals surface area (Å²) in [7, 11) is 1.15. The number of hydrogen-bond acceptors (Lipinski definition) is 5. The molecule has 0 aromatic carbocycles. The second-order valence-corrected chi connectivity index (χ2v) is 4.65. The zero-order valence-corrected chi connectivity index (χ0v) is 11.4. The SMILES string of the molecule is COC(=O)C[C@H](NC(=O)N1CCCCC1CO)C(=O)O. The molecule has 2 atom stereocenters. The van der Waals surface area contributed by atoms with Crippen molar-refractivity contribution in [2.24, 2.45) is 0 Å². The lowest BCUT2D eigenvalue weighted by atomic mass is 10.0. The van der Waals surface area contributed by atoms with E-state index in [0.717, 1.165) is 20.0 Å². The first-order valence-electron chi connectivity index (χ1n) is 6.47. The van der Waals surface area contributed by atoms with E-state index < -0.39 is 30.4 Å². The molecule has 1 fully saturated rings. The van der Waals surface area contributed by atoms with Crippen LogP contribution < -0.4 is 5.32 Å². The number of nitrogens with zero attached hydrogens (tertiary/aromatic N) is 1. The molecule has 1 heterocycles. The highest BCUT2D eigenvalue weighted by Gasteiger charge is 2.30. The Hall–Kier alpha value is -1.83. The van der Waals surface area contributed by atoms with Crippen molar-refractivity contribution < 1.29 is 29.3 Å². The fourth-order valence-electron chi connectivity index (χ4n) is 2.14. The Morgan fingerprint density at radius 1 is 1.40 bits per heavy atom. The predicted molar refractivity (Wildman–Crippen MR) is 68.0 cm³/mol. The number of esters is 1. The van der Waals surface area contributed by atoms with Crippen LogP contribution in [0.3, 0.4) is 0 Å².